The highest BCUT2D eigenvalue weighted by Crippen LogP contribution is 2.34. The van der Waals surface area contributed by atoms with Crippen LogP contribution in [0.1, 0.15) is 53.0 Å². The van der Waals surface area contributed by atoms with Crippen LogP contribution in [0.2, 0.25) is 0 Å². The first-order chi connectivity index (χ1) is 11.0. The van der Waals surface area contributed by atoms with E-state index in [0.29, 0.717) is 5.19 Å². The van der Waals surface area contributed by atoms with Crippen molar-refractivity contribution in [1.82, 2.24) is 15.1 Å². The van der Waals surface area contributed by atoms with E-state index in [4.69, 9.17) is 4.74 Å². The van der Waals surface area contributed by atoms with E-state index in [-0.39, 0.29) is 23.3 Å². The Hall–Kier alpha value is -1.69. The standard InChI is InChI=1S/C18H27N3O2S/c1-12-8-13(10-18(5,6)9-12)21(7)14(22)11-23-16-20-19-15(24-16)17(2,3)4/h8-9H,10-11H2,1-7H3. The van der Waals surface area contributed by atoms with Gasteiger partial charge in [0, 0.05) is 18.2 Å². The topological polar surface area (TPSA) is 55.3 Å². The van der Waals surface area contributed by atoms with Gasteiger partial charge in [0.15, 0.2) is 6.61 Å². The van der Waals surface area contributed by atoms with E-state index in [2.05, 4.69) is 63.9 Å². The minimum atomic E-state index is -0.0840. The molecule has 1 aliphatic carbocycles. The Morgan fingerprint density at radius 1 is 1.38 bits per heavy atom. The minimum Gasteiger partial charge on any atom is -0.459 e. The van der Waals surface area contributed by atoms with Crippen molar-refractivity contribution in [1.29, 1.82) is 0 Å². The zero-order valence-electron chi connectivity index (χ0n) is 15.6. The van der Waals surface area contributed by atoms with E-state index >= 15 is 0 Å². The van der Waals surface area contributed by atoms with Gasteiger partial charge in [0.05, 0.1) is 0 Å². The Bertz CT molecular complexity index is 681. The van der Waals surface area contributed by atoms with Gasteiger partial charge in [-0.2, -0.15) is 0 Å². The van der Waals surface area contributed by atoms with Crippen LogP contribution in [-0.4, -0.2) is 34.7 Å². The summed E-state index contributed by atoms with van der Waals surface area (Å²) in [7, 11) is 1.80. The first-order valence-corrected chi connectivity index (χ1v) is 8.93. The Morgan fingerprint density at radius 3 is 2.58 bits per heavy atom. The molecule has 2 rings (SSSR count). The lowest BCUT2D eigenvalue weighted by molar-refractivity contribution is -0.130. The zero-order chi connectivity index (χ0) is 18.1. The molecule has 0 aromatic carbocycles. The summed E-state index contributed by atoms with van der Waals surface area (Å²) in [4.78, 5) is 14.1. The molecular weight excluding hydrogens is 322 g/mol. The molecule has 0 unspecified atom stereocenters. The van der Waals surface area contributed by atoms with E-state index in [0.717, 1.165) is 17.1 Å². The van der Waals surface area contributed by atoms with Gasteiger partial charge in [0.1, 0.15) is 5.01 Å². The average Bonchev–Trinajstić information content (AvgIpc) is 2.90. The first kappa shape index (κ1) is 18.6. The highest BCUT2D eigenvalue weighted by Gasteiger charge is 2.26. The van der Waals surface area contributed by atoms with Crippen LogP contribution in [-0.2, 0) is 10.2 Å². The van der Waals surface area contributed by atoms with Crippen LogP contribution < -0.4 is 4.74 Å². The van der Waals surface area contributed by atoms with Gasteiger partial charge in [-0.25, -0.2) is 0 Å². The summed E-state index contributed by atoms with van der Waals surface area (Å²) in [6.45, 7) is 12.6. The van der Waals surface area contributed by atoms with Crippen molar-refractivity contribution in [2.75, 3.05) is 13.7 Å². The largest absolute Gasteiger partial charge is 0.459 e. The molecule has 0 N–H and O–H groups in total. The molecule has 5 nitrogen and oxygen atoms in total. The number of rotatable bonds is 4. The second-order valence-electron chi connectivity index (χ2n) is 8.05. The number of nitrogens with zero attached hydrogens (tertiary/aromatic N) is 3. The maximum Gasteiger partial charge on any atom is 0.294 e. The highest BCUT2D eigenvalue weighted by atomic mass is 32.1. The van der Waals surface area contributed by atoms with Gasteiger partial charge in [-0.15, -0.1) is 10.2 Å². The van der Waals surface area contributed by atoms with Crippen molar-refractivity contribution in [2.45, 2.75) is 53.4 Å². The summed E-state index contributed by atoms with van der Waals surface area (Å²) in [5.74, 6) is -0.0840. The second-order valence-corrected chi connectivity index (χ2v) is 8.99. The van der Waals surface area contributed by atoms with Crippen LogP contribution in [0.5, 0.6) is 5.19 Å². The van der Waals surface area contributed by atoms with Gasteiger partial charge in [-0.3, -0.25) is 4.79 Å². The number of ether oxygens (including phenoxy) is 1. The number of hydrogen-bond donors (Lipinski definition) is 0. The highest BCUT2D eigenvalue weighted by molar-refractivity contribution is 7.13. The summed E-state index contributed by atoms with van der Waals surface area (Å²) in [6.07, 6.45) is 5.13. The normalized spacial score (nSPS) is 17.1. The monoisotopic (exact) mass is 349 g/mol. The molecule has 0 fully saturated rings. The lowest BCUT2D eigenvalue weighted by Crippen LogP contribution is -2.33. The van der Waals surface area contributed by atoms with Gasteiger partial charge in [0.2, 0.25) is 0 Å². The number of aromatic nitrogens is 2. The fraction of sp³-hybridized carbons (Fsp3) is 0.611. The fourth-order valence-electron chi connectivity index (χ4n) is 2.66. The average molecular weight is 350 g/mol. The summed E-state index contributed by atoms with van der Waals surface area (Å²) in [6, 6.07) is 0. The molecule has 24 heavy (non-hydrogen) atoms. The van der Waals surface area contributed by atoms with Crippen LogP contribution in [0, 0.1) is 5.41 Å². The third-order valence-electron chi connectivity index (χ3n) is 3.82. The van der Waals surface area contributed by atoms with Gasteiger partial charge in [-0.1, -0.05) is 57.6 Å². The number of amides is 1. The lowest BCUT2D eigenvalue weighted by atomic mass is 9.82. The van der Waals surface area contributed by atoms with Gasteiger partial charge >= 0.3 is 0 Å². The Balaban J connectivity index is 1.98. The molecule has 0 aliphatic heterocycles. The number of carbonyl (C=O) groups excluding carboxylic acids is 1. The quantitative estimate of drug-likeness (QED) is 0.826. The minimum absolute atomic E-state index is 0.0319. The fourth-order valence-corrected chi connectivity index (χ4v) is 3.41. The third-order valence-corrected chi connectivity index (χ3v) is 5.08. The van der Waals surface area contributed by atoms with Crippen LogP contribution >= 0.6 is 11.3 Å². The van der Waals surface area contributed by atoms with Gasteiger partial charge in [0.25, 0.3) is 11.1 Å². The summed E-state index contributed by atoms with van der Waals surface area (Å²) in [5, 5.41) is 9.48. The van der Waals surface area contributed by atoms with E-state index < -0.39 is 0 Å². The van der Waals surface area contributed by atoms with Crippen molar-refractivity contribution in [3.05, 3.63) is 28.4 Å². The third kappa shape index (κ3) is 4.66. The predicted molar refractivity (Wildman–Crippen MR) is 97.1 cm³/mol. The molecule has 132 valence electrons. The van der Waals surface area contributed by atoms with Crippen molar-refractivity contribution in [3.8, 4) is 5.19 Å². The molecular formula is C18H27N3O2S. The molecule has 1 heterocycles. The van der Waals surface area contributed by atoms with E-state index in [1.165, 1.54) is 16.9 Å². The summed E-state index contributed by atoms with van der Waals surface area (Å²) in [5.41, 5.74) is 2.19. The van der Waals surface area contributed by atoms with Crippen molar-refractivity contribution in [2.24, 2.45) is 5.41 Å². The SMILES string of the molecule is CC1=CC(C)(C)CC(N(C)C(=O)COc2nnc(C(C)(C)C)s2)=C1. The van der Waals surface area contributed by atoms with E-state index in [9.17, 15) is 4.79 Å². The zero-order valence-corrected chi connectivity index (χ0v) is 16.5. The van der Waals surface area contributed by atoms with Crippen LogP contribution in [0.3, 0.4) is 0 Å². The summed E-state index contributed by atoms with van der Waals surface area (Å²) < 4.78 is 5.55. The van der Waals surface area contributed by atoms with Crippen LogP contribution in [0.25, 0.3) is 0 Å². The van der Waals surface area contributed by atoms with Crippen molar-refractivity contribution in [3.63, 3.8) is 0 Å². The van der Waals surface area contributed by atoms with Crippen molar-refractivity contribution < 1.29 is 9.53 Å². The molecule has 0 saturated carbocycles. The lowest BCUT2D eigenvalue weighted by Gasteiger charge is -2.31. The molecule has 0 spiro atoms. The van der Waals surface area contributed by atoms with Crippen molar-refractivity contribution >= 4 is 17.2 Å². The maximum atomic E-state index is 12.4. The van der Waals surface area contributed by atoms with Crippen LogP contribution in [0.4, 0.5) is 0 Å². The van der Waals surface area contributed by atoms with Gasteiger partial charge in [-0.05, 0) is 24.8 Å². The molecule has 0 saturated heterocycles. The maximum absolute atomic E-state index is 12.4. The predicted octanol–water partition coefficient (Wildman–Crippen LogP) is 3.93. The van der Waals surface area contributed by atoms with E-state index in [1.54, 1.807) is 11.9 Å². The van der Waals surface area contributed by atoms with E-state index in [1.807, 2.05) is 0 Å². The van der Waals surface area contributed by atoms with Gasteiger partial charge < -0.3 is 9.64 Å². The Kier molecular flexibility index (Phi) is 5.18. The number of carbonyl (C=O) groups is 1. The smallest absolute Gasteiger partial charge is 0.294 e. The molecule has 6 heteroatoms. The molecule has 0 radical (unpaired) electrons. The Morgan fingerprint density at radius 2 is 2.04 bits per heavy atom. The number of allylic oxidation sites excluding steroid dienone is 4. The number of hydrogen-bond acceptors (Lipinski definition) is 5. The van der Waals surface area contributed by atoms with Crippen LogP contribution in [0.15, 0.2) is 23.4 Å². The summed E-state index contributed by atoms with van der Waals surface area (Å²) >= 11 is 1.39. The number of likely N-dealkylation sites (N-methyl/N-ethyl adjacent to an activating group) is 1. The first-order valence-electron chi connectivity index (χ1n) is 8.11. The molecule has 1 aromatic heterocycles. The Labute approximate surface area is 148 Å². The molecule has 0 bridgehead atoms. The molecule has 1 aliphatic rings. The molecule has 1 aromatic rings. The second kappa shape index (κ2) is 6.67. The molecule has 0 atom stereocenters. The molecule has 1 amide bonds.